The predicted molar refractivity (Wildman–Crippen MR) is 118 cm³/mol. The maximum Gasteiger partial charge on any atom is 0.219 e. The van der Waals surface area contributed by atoms with Gasteiger partial charge in [0.25, 0.3) is 0 Å². The Labute approximate surface area is 173 Å². The van der Waals surface area contributed by atoms with Gasteiger partial charge in [-0.1, -0.05) is 84.4 Å². The average Bonchev–Trinajstić information content (AvgIpc) is 2.74. The van der Waals surface area contributed by atoms with Gasteiger partial charge in [-0.05, 0) is 35.5 Å². The van der Waals surface area contributed by atoms with Gasteiger partial charge < -0.3 is 0 Å². The van der Waals surface area contributed by atoms with E-state index >= 15 is 0 Å². The Balaban J connectivity index is 1.81. The zero-order valence-corrected chi connectivity index (χ0v) is 16.3. The molecule has 0 aromatic heterocycles. The molecule has 0 bridgehead atoms. The number of hydrogen-bond donors (Lipinski definition) is 0. The Morgan fingerprint density at radius 1 is 0.714 bits per heavy atom. The minimum absolute atomic E-state index is 0.280. The first-order chi connectivity index (χ1) is 13.7. The number of azo groups is 1. The lowest BCUT2D eigenvalue weighted by molar-refractivity contribution is 0.993. The van der Waals surface area contributed by atoms with E-state index in [0.29, 0.717) is 10.7 Å². The quantitative estimate of drug-likeness (QED) is 0.386. The van der Waals surface area contributed by atoms with Crippen LogP contribution in [-0.2, 0) is 0 Å². The summed E-state index contributed by atoms with van der Waals surface area (Å²) in [7, 11) is 0. The smallest absolute Gasteiger partial charge is 0.219 e. The SMILES string of the molecule is S=C1N=C(c2ccccc2)C(N=Nc2ccccc2Cl)C(c2ccccc2)=N1. The molecule has 0 saturated heterocycles. The Morgan fingerprint density at radius 3 is 1.75 bits per heavy atom. The third-order valence-electron chi connectivity index (χ3n) is 4.22. The van der Waals surface area contributed by atoms with Gasteiger partial charge in [-0.2, -0.15) is 10.2 Å². The van der Waals surface area contributed by atoms with Crippen molar-refractivity contribution in [1.82, 2.24) is 0 Å². The van der Waals surface area contributed by atoms with E-state index in [1.807, 2.05) is 78.9 Å². The number of rotatable bonds is 4. The van der Waals surface area contributed by atoms with Crippen LogP contribution >= 0.6 is 23.8 Å². The molecule has 0 radical (unpaired) electrons. The molecular formula is C22H15ClN4S. The summed E-state index contributed by atoms with van der Waals surface area (Å²) < 4.78 is 0. The lowest BCUT2D eigenvalue weighted by atomic mass is 9.94. The summed E-state index contributed by atoms with van der Waals surface area (Å²) >= 11 is 11.6. The molecule has 1 aliphatic heterocycles. The molecule has 0 fully saturated rings. The molecule has 4 nitrogen and oxygen atoms in total. The number of benzene rings is 3. The van der Waals surface area contributed by atoms with Crippen molar-refractivity contribution < 1.29 is 0 Å². The van der Waals surface area contributed by atoms with Crippen LogP contribution in [0.2, 0.25) is 5.02 Å². The van der Waals surface area contributed by atoms with Crippen molar-refractivity contribution in [3.8, 4) is 0 Å². The van der Waals surface area contributed by atoms with Gasteiger partial charge in [0.1, 0.15) is 5.69 Å². The van der Waals surface area contributed by atoms with Crippen molar-refractivity contribution in [2.24, 2.45) is 20.2 Å². The van der Waals surface area contributed by atoms with Crippen LogP contribution < -0.4 is 0 Å². The normalized spacial score (nSPS) is 14.8. The summed E-state index contributed by atoms with van der Waals surface area (Å²) in [6, 6.07) is 26.5. The van der Waals surface area contributed by atoms with E-state index in [1.54, 1.807) is 6.07 Å². The van der Waals surface area contributed by atoms with Crippen LogP contribution in [0.15, 0.2) is 105 Å². The minimum atomic E-state index is -0.493. The number of thiocarbonyl (C=S) groups is 1. The molecule has 0 spiro atoms. The topological polar surface area (TPSA) is 49.4 Å². The molecule has 0 unspecified atom stereocenters. The van der Waals surface area contributed by atoms with Crippen LogP contribution in [0.1, 0.15) is 11.1 Å². The van der Waals surface area contributed by atoms with E-state index in [9.17, 15) is 0 Å². The lowest BCUT2D eigenvalue weighted by Gasteiger charge is -2.21. The van der Waals surface area contributed by atoms with Gasteiger partial charge in [0, 0.05) is 0 Å². The summed E-state index contributed by atoms with van der Waals surface area (Å²) in [4.78, 5) is 9.04. The van der Waals surface area contributed by atoms with Crippen LogP contribution in [0.25, 0.3) is 0 Å². The van der Waals surface area contributed by atoms with Crippen LogP contribution in [0.5, 0.6) is 0 Å². The monoisotopic (exact) mass is 402 g/mol. The Morgan fingerprint density at radius 2 is 1.21 bits per heavy atom. The first-order valence-electron chi connectivity index (χ1n) is 8.70. The highest BCUT2D eigenvalue weighted by molar-refractivity contribution is 7.80. The van der Waals surface area contributed by atoms with Gasteiger partial charge in [-0.15, -0.1) is 0 Å². The van der Waals surface area contributed by atoms with Gasteiger partial charge in [0.15, 0.2) is 6.04 Å². The third-order valence-corrected chi connectivity index (χ3v) is 4.72. The summed E-state index contributed by atoms with van der Waals surface area (Å²) in [5, 5.41) is 9.79. The maximum atomic E-state index is 6.24. The van der Waals surface area contributed by atoms with E-state index in [-0.39, 0.29) is 5.11 Å². The van der Waals surface area contributed by atoms with E-state index < -0.39 is 6.04 Å². The number of aliphatic imine (C=N–C) groups is 2. The van der Waals surface area contributed by atoms with E-state index in [0.717, 1.165) is 22.6 Å². The second-order valence-corrected chi connectivity index (χ2v) is 6.85. The zero-order chi connectivity index (χ0) is 19.3. The summed E-state index contributed by atoms with van der Waals surface area (Å²) in [6.45, 7) is 0. The fraction of sp³-hybridized carbons (Fsp3) is 0.0455. The maximum absolute atomic E-state index is 6.24. The lowest BCUT2D eigenvalue weighted by Crippen LogP contribution is -2.34. The van der Waals surface area contributed by atoms with Gasteiger partial charge in [0.2, 0.25) is 5.11 Å². The fourth-order valence-corrected chi connectivity index (χ4v) is 3.28. The Hall–Kier alpha value is -3.02. The van der Waals surface area contributed by atoms with E-state index in [1.165, 1.54) is 0 Å². The first kappa shape index (κ1) is 18.3. The average molecular weight is 403 g/mol. The van der Waals surface area contributed by atoms with Gasteiger partial charge in [-0.3, -0.25) is 0 Å². The van der Waals surface area contributed by atoms with Crippen molar-refractivity contribution in [1.29, 1.82) is 0 Å². The van der Waals surface area contributed by atoms with Crippen molar-refractivity contribution in [3.63, 3.8) is 0 Å². The minimum Gasteiger partial charge on any atom is -0.220 e. The number of hydrogen-bond acceptors (Lipinski definition) is 3. The third kappa shape index (κ3) is 3.96. The second-order valence-electron chi connectivity index (χ2n) is 6.08. The molecule has 0 saturated carbocycles. The van der Waals surface area contributed by atoms with Crippen molar-refractivity contribution in [3.05, 3.63) is 101 Å². The summed E-state index contributed by atoms with van der Waals surface area (Å²) in [5.74, 6) is 0. The molecule has 136 valence electrons. The number of halogens is 1. The molecule has 1 heterocycles. The van der Waals surface area contributed by atoms with Crippen LogP contribution in [0, 0.1) is 0 Å². The highest BCUT2D eigenvalue weighted by atomic mass is 35.5. The second kappa shape index (κ2) is 8.33. The summed E-state index contributed by atoms with van der Waals surface area (Å²) in [5.41, 5.74) is 3.88. The number of nitrogens with zero attached hydrogens (tertiary/aromatic N) is 4. The molecule has 4 rings (SSSR count). The zero-order valence-electron chi connectivity index (χ0n) is 14.7. The molecule has 0 atom stereocenters. The van der Waals surface area contributed by atoms with Gasteiger partial charge in [0.05, 0.1) is 16.4 Å². The first-order valence-corrected chi connectivity index (χ1v) is 9.48. The van der Waals surface area contributed by atoms with E-state index in [4.69, 9.17) is 23.8 Å². The molecule has 3 aromatic rings. The van der Waals surface area contributed by atoms with Gasteiger partial charge in [-0.25, -0.2) is 9.98 Å². The molecule has 1 aliphatic rings. The van der Waals surface area contributed by atoms with Crippen molar-refractivity contribution in [2.75, 3.05) is 0 Å². The van der Waals surface area contributed by atoms with Crippen LogP contribution in [0.3, 0.4) is 0 Å². The van der Waals surface area contributed by atoms with Crippen molar-refractivity contribution >= 4 is 46.0 Å². The largest absolute Gasteiger partial charge is 0.220 e. The molecule has 0 N–H and O–H groups in total. The van der Waals surface area contributed by atoms with Crippen LogP contribution in [-0.4, -0.2) is 22.6 Å². The Kier molecular flexibility index (Phi) is 5.46. The highest BCUT2D eigenvalue weighted by Gasteiger charge is 2.29. The molecule has 3 aromatic carbocycles. The van der Waals surface area contributed by atoms with Crippen molar-refractivity contribution in [2.45, 2.75) is 6.04 Å². The predicted octanol–water partition coefficient (Wildman–Crippen LogP) is 6.07. The van der Waals surface area contributed by atoms with Crippen LogP contribution in [0.4, 0.5) is 5.69 Å². The molecule has 6 heteroatoms. The molecule has 0 amide bonds. The van der Waals surface area contributed by atoms with Gasteiger partial charge >= 0.3 is 0 Å². The fourth-order valence-electron chi connectivity index (χ4n) is 2.91. The highest BCUT2D eigenvalue weighted by Crippen LogP contribution is 2.26. The van der Waals surface area contributed by atoms with E-state index in [2.05, 4.69) is 20.2 Å². The molecule has 28 heavy (non-hydrogen) atoms. The summed E-state index contributed by atoms with van der Waals surface area (Å²) in [6.07, 6.45) is 0. The Bertz CT molecular complexity index is 1030. The molecular weight excluding hydrogens is 388 g/mol. The standard InChI is InChI=1S/C22H15ClN4S/c23-17-13-7-8-14-18(17)26-27-21-19(15-9-3-1-4-10-15)24-22(28)25-20(21)16-11-5-2-6-12-16/h1-14,21H. The molecule has 0 aliphatic carbocycles.